The normalized spacial score (nSPS) is 12.2. The fraction of sp³-hybridized carbons (Fsp3) is 0.379. The number of aliphatic imine (C=N–C) groups is 1. The van der Waals surface area contributed by atoms with Gasteiger partial charge >= 0.3 is 0 Å². The van der Waals surface area contributed by atoms with E-state index in [-0.39, 0.29) is 42.6 Å². The van der Waals surface area contributed by atoms with Crippen molar-refractivity contribution in [3.8, 4) is 22.8 Å². The van der Waals surface area contributed by atoms with Gasteiger partial charge < -0.3 is 20.5 Å². The third-order valence-corrected chi connectivity index (χ3v) is 6.09. The third kappa shape index (κ3) is 8.87. The minimum absolute atomic E-state index is 0.0231. The Morgan fingerprint density at radius 2 is 1.82 bits per heavy atom. The summed E-state index contributed by atoms with van der Waals surface area (Å²) in [4.78, 5) is 29.8. The molecule has 0 bridgehead atoms. The van der Waals surface area contributed by atoms with E-state index in [0.29, 0.717) is 24.5 Å². The zero-order chi connectivity index (χ0) is 28.4. The van der Waals surface area contributed by atoms with Crippen molar-refractivity contribution in [3.63, 3.8) is 0 Å². The molecule has 1 atom stereocenters. The lowest BCUT2D eigenvalue weighted by molar-refractivity contribution is -0.125. The van der Waals surface area contributed by atoms with Crippen LogP contribution in [-0.2, 0) is 29.6 Å². The Hall–Kier alpha value is -4.34. The van der Waals surface area contributed by atoms with Crippen molar-refractivity contribution in [2.45, 2.75) is 33.2 Å². The second-order valence-corrected chi connectivity index (χ2v) is 9.76. The number of aryl methyl sites for hydroxylation is 1. The SMILES string of the molecule is COc1ccc(CC(=O)NC(N)=NCC(CC(C)C)C(=O)NCc2cccc(-c3ccn(C)n3)c2)cc1OC. The Balaban J connectivity index is 1.57. The molecular weight excluding hydrogens is 496 g/mol. The van der Waals surface area contributed by atoms with Crippen molar-refractivity contribution in [2.24, 2.45) is 29.6 Å². The smallest absolute Gasteiger partial charge is 0.231 e. The van der Waals surface area contributed by atoms with Crippen LogP contribution in [0.5, 0.6) is 11.5 Å². The van der Waals surface area contributed by atoms with Crippen LogP contribution in [0.4, 0.5) is 0 Å². The fourth-order valence-corrected chi connectivity index (χ4v) is 4.19. The summed E-state index contributed by atoms with van der Waals surface area (Å²) in [5.74, 6) is 0.564. The Morgan fingerprint density at radius 1 is 1.05 bits per heavy atom. The number of ether oxygens (including phenoxy) is 2. The van der Waals surface area contributed by atoms with Crippen LogP contribution in [0, 0.1) is 11.8 Å². The summed E-state index contributed by atoms with van der Waals surface area (Å²) in [5, 5.41) is 10.1. The molecule has 0 saturated heterocycles. The summed E-state index contributed by atoms with van der Waals surface area (Å²) in [6, 6.07) is 15.1. The topological polar surface area (TPSA) is 133 Å². The predicted molar refractivity (Wildman–Crippen MR) is 151 cm³/mol. The molecule has 0 aliphatic heterocycles. The van der Waals surface area contributed by atoms with Crippen LogP contribution in [0.3, 0.4) is 0 Å². The first-order chi connectivity index (χ1) is 18.7. The van der Waals surface area contributed by atoms with E-state index in [4.69, 9.17) is 15.2 Å². The maximum absolute atomic E-state index is 13.1. The summed E-state index contributed by atoms with van der Waals surface area (Å²) >= 11 is 0. The number of benzene rings is 2. The van der Waals surface area contributed by atoms with Gasteiger partial charge in [0.05, 0.1) is 38.8 Å². The van der Waals surface area contributed by atoms with E-state index in [0.717, 1.165) is 22.4 Å². The van der Waals surface area contributed by atoms with Crippen LogP contribution in [0.2, 0.25) is 0 Å². The van der Waals surface area contributed by atoms with Crippen molar-refractivity contribution in [2.75, 3.05) is 20.8 Å². The number of aromatic nitrogens is 2. The van der Waals surface area contributed by atoms with Gasteiger partial charge in [-0.3, -0.25) is 24.6 Å². The number of amides is 2. The average molecular weight is 535 g/mol. The van der Waals surface area contributed by atoms with Crippen LogP contribution >= 0.6 is 0 Å². The highest BCUT2D eigenvalue weighted by molar-refractivity contribution is 5.97. The van der Waals surface area contributed by atoms with E-state index < -0.39 is 0 Å². The number of rotatable bonds is 12. The maximum atomic E-state index is 13.1. The van der Waals surface area contributed by atoms with Crippen LogP contribution in [0.1, 0.15) is 31.4 Å². The number of nitrogens with one attached hydrogen (secondary N) is 2. The summed E-state index contributed by atoms with van der Waals surface area (Å²) in [6.45, 7) is 4.65. The minimum Gasteiger partial charge on any atom is -0.493 e. The molecular formula is C29H38N6O4. The van der Waals surface area contributed by atoms with Gasteiger partial charge in [0.1, 0.15) is 0 Å². The van der Waals surface area contributed by atoms with Crippen molar-refractivity contribution >= 4 is 17.8 Å². The number of carbonyl (C=O) groups excluding carboxylic acids is 2. The Kier molecular flexibility index (Phi) is 10.5. The number of hydrogen-bond acceptors (Lipinski definition) is 6. The number of nitrogens with two attached hydrogens (primary N) is 1. The van der Waals surface area contributed by atoms with Crippen LogP contribution in [0.25, 0.3) is 11.3 Å². The van der Waals surface area contributed by atoms with E-state index in [1.807, 2.05) is 43.6 Å². The number of nitrogens with zero attached hydrogens (tertiary/aromatic N) is 3. The molecule has 4 N–H and O–H groups in total. The number of carbonyl (C=O) groups is 2. The van der Waals surface area contributed by atoms with Gasteiger partial charge in [0.15, 0.2) is 17.5 Å². The lowest BCUT2D eigenvalue weighted by Crippen LogP contribution is -2.39. The minimum atomic E-state index is -0.384. The lowest BCUT2D eigenvalue weighted by atomic mass is 9.96. The fourth-order valence-electron chi connectivity index (χ4n) is 4.19. The van der Waals surface area contributed by atoms with Gasteiger partial charge in [-0.2, -0.15) is 5.10 Å². The van der Waals surface area contributed by atoms with E-state index >= 15 is 0 Å². The molecule has 0 saturated carbocycles. The Morgan fingerprint density at radius 3 is 2.49 bits per heavy atom. The average Bonchev–Trinajstić information content (AvgIpc) is 3.35. The first kappa shape index (κ1) is 29.2. The van der Waals surface area contributed by atoms with E-state index in [1.54, 1.807) is 30.0 Å². The third-order valence-electron chi connectivity index (χ3n) is 6.09. The summed E-state index contributed by atoms with van der Waals surface area (Å²) < 4.78 is 12.3. The Labute approximate surface area is 229 Å². The summed E-state index contributed by atoms with van der Waals surface area (Å²) in [5.41, 5.74) is 9.56. The highest BCUT2D eigenvalue weighted by atomic mass is 16.5. The summed E-state index contributed by atoms with van der Waals surface area (Å²) in [6.07, 6.45) is 2.62. The highest BCUT2D eigenvalue weighted by Crippen LogP contribution is 2.27. The van der Waals surface area contributed by atoms with Crippen molar-refractivity contribution < 1.29 is 19.1 Å². The molecule has 0 aliphatic carbocycles. The molecule has 2 aromatic carbocycles. The second kappa shape index (κ2) is 14.0. The van der Waals surface area contributed by atoms with E-state index in [1.165, 1.54) is 7.11 Å². The monoisotopic (exact) mass is 534 g/mol. The molecule has 39 heavy (non-hydrogen) atoms. The molecule has 0 aliphatic rings. The van der Waals surface area contributed by atoms with Gasteiger partial charge in [-0.25, -0.2) is 0 Å². The quantitative estimate of drug-likeness (QED) is 0.242. The molecule has 0 spiro atoms. The lowest BCUT2D eigenvalue weighted by Gasteiger charge is -2.17. The second-order valence-electron chi connectivity index (χ2n) is 9.76. The van der Waals surface area contributed by atoms with Gasteiger partial charge in [-0.1, -0.05) is 38.1 Å². The largest absolute Gasteiger partial charge is 0.493 e. The number of guanidine groups is 1. The molecule has 0 fully saturated rings. The van der Waals surface area contributed by atoms with Crippen molar-refractivity contribution in [1.82, 2.24) is 20.4 Å². The van der Waals surface area contributed by atoms with E-state index in [9.17, 15) is 9.59 Å². The van der Waals surface area contributed by atoms with Gasteiger partial charge in [0, 0.05) is 25.4 Å². The predicted octanol–water partition coefficient (Wildman–Crippen LogP) is 3.06. The molecule has 2 amide bonds. The van der Waals surface area contributed by atoms with Crippen LogP contribution in [-0.4, -0.2) is 48.3 Å². The molecule has 1 aromatic heterocycles. The van der Waals surface area contributed by atoms with Crippen molar-refractivity contribution in [3.05, 3.63) is 65.9 Å². The van der Waals surface area contributed by atoms with Gasteiger partial charge in [-0.05, 0) is 47.7 Å². The zero-order valence-corrected chi connectivity index (χ0v) is 23.2. The first-order valence-electron chi connectivity index (χ1n) is 12.9. The number of methoxy groups -OCH3 is 2. The maximum Gasteiger partial charge on any atom is 0.231 e. The Bertz CT molecular complexity index is 1300. The molecule has 208 valence electrons. The van der Waals surface area contributed by atoms with Gasteiger partial charge in [0.25, 0.3) is 0 Å². The molecule has 10 heteroatoms. The molecule has 3 aromatic rings. The molecule has 0 radical (unpaired) electrons. The molecule has 10 nitrogen and oxygen atoms in total. The first-order valence-corrected chi connectivity index (χ1v) is 12.9. The zero-order valence-electron chi connectivity index (χ0n) is 23.2. The van der Waals surface area contributed by atoms with Crippen molar-refractivity contribution in [1.29, 1.82) is 0 Å². The van der Waals surface area contributed by atoms with Crippen LogP contribution in [0.15, 0.2) is 59.7 Å². The highest BCUT2D eigenvalue weighted by Gasteiger charge is 2.20. The number of hydrogen-bond donors (Lipinski definition) is 3. The molecule has 1 unspecified atom stereocenters. The standard InChI is InChI=1S/C29H38N6O4/c1-19(2)13-23(28(37)31-17-21-7-6-8-22(14-21)24-11-12-35(3)34-24)18-32-29(30)33-27(36)16-20-9-10-25(38-4)26(15-20)39-5/h6-12,14-15,19,23H,13,16-18H2,1-5H3,(H,31,37)(H3,30,32,33,36). The molecule has 3 rings (SSSR count). The summed E-state index contributed by atoms with van der Waals surface area (Å²) in [7, 11) is 4.96. The van der Waals surface area contributed by atoms with E-state index in [2.05, 4.69) is 34.6 Å². The van der Waals surface area contributed by atoms with Gasteiger partial charge in [-0.15, -0.1) is 0 Å². The van der Waals surface area contributed by atoms with Crippen LogP contribution < -0.4 is 25.8 Å². The van der Waals surface area contributed by atoms with Gasteiger partial charge in [0.2, 0.25) is 11.8 Å². The molecule has 1 heterocycles.